The SMILES string of the molecule is CCS(=O)(=O)NC1CN2CCC1CC2. The fraction of sp³-hybridized carbons (Fsp3) is 1.00. The first kappa shape index (κ1) is 10.4. The first-order valence-corrected chi connectivity index (χ1v) is 6.98. The molecule has 0 saturated carbocycles. The van der Waals surface area contributed by atoms with Gasteiger partial charge in [-0.05, 0) is 38.8 Å². The van der Waals surface area contributed by atoms with E-state index in [9.17, 15) is 8.42 Å². The van der Waals surface area contributed by atoms with Gasteiger partial charge in [-0.15, -0.1) is 0 Å². The van der Waals surface area contributed by atoms with Gasteiger partial charge in [0.25, 0.3) is 0 Å². The second-order valence-electron chi connectivity index (χ2n) is 4.27. The van der Waals surface area contributed by atoms with Gasteiger partial charge in [0, 0.05) is 12.6 Å². The van der Waals surface area contributed by atoms with Crippen LogP contribution in [0.4, 0.5) is 0 Å². The smallest absolute Gasteiger partial charge is 0.211 e. The van der Waals surface area contributed by atoms with Gasteiger partial charge in [-0.25, -0.2) is 13.1 Å². The van der Waals surface area contributed by atoms with Crippen molar-refractivity contribution in [2.75, 3.05) is 25.4 Å². The number of sulfonamides is 1. The molecule has 3 rings (SSSR count). The molecule has 1 unspecified atom stereocenters. The third kappa shape index (κ3) is 2.10. The fourth-order valence-electron chi connectivity index (χ4n) is 2.41. The van der Waals surface area contributed by atoms with Crippen LogP contribution in [0.2, 0.25) is 0 Å². The Bertz CT molecular complexity index is 294. The maximum atomic E-state index is 11.4. The van der Waals surface area contributed by atoms with E-state index in [1.165, 1.54) is 0 Å². The molecule has 0 amide bonds. The Labute approximate surface area is 85.7 Å². The molecular formula is C9H18N2O2S. The molecule has 0 radical (unpaired) electrons. The molecule has 2 bridgehead atoms. The number of fused-ring (bicyclic) bond motifs is 3. The summed E-state index contributed by atoms with van der Waals surface area (Å²) >= 11 is 0. The summed E-state index contributed by atoms with van der Waals surface area (Å²) in [6, 6.07) is 0.169. The van der Waals surface area contributed by atoms with E-state index < -0.39 is 10.0 Å². The Kier molecular flexibility index (Phi) is 2.81. The third-order valence-corrected chi connectivity index (χ3v) is 4.79. The van der Waals surface area contributed by atoms with Crippen molar-refractivity contribution in [1.82, 2.24) is 9.62 Å². The van der Waals surface area contributed by atoms with Gasteiger partial charge in [-0.1, -0.05) is 0 Å². The average Bonchev–Trinajstić information content (AvgIpc) is 2.19. The highest BCUT2D eigenvalue weighted by Gasteiger charge is 2.35. The summed E-state index contributed by atoms with van der Waals surface area (Å²) in [6.45, 7) is 4.89. The van der Waals surface area contributed by atoms with E-state index in [0.717, 1.165) is 32.5 Å². The normalized spacial score (nSPS) is 37.4. The maximum Gasteiger partial charge on any atom is 0.211 e. The summed E-state index contributed by atoms with van der Waals surface area (Å²) in [7, 11) is -3.02. The predicted molar refractivity (Wildman–Crippen MR) is 55.5 cm³/mol. The van der Waals surface area contributed by atoms with E-state index in [-0.39, 0.29) is 11.8 Å². The van der Waals surface area contributed by atoms with Crippen LogP contribution < -0.4 is 4.72 Å². The van der Waals surface area contributed by atoms with Crippen LogP contribution in [0.5, 0.6) is 0 Å². The summed E-state index contributed by atoms with van der Waals surface area (Å²) in [5, 5.41) is 0. The van der Waals surface area contributed by atoms with E-state index in [1.807, 2.05) is 0 Å². The van der Waals surface area contributed by atoms with Crippen LogP contribution in [0.15, 0.2) is 0 Å². The third-order valence-electron chi connectivity index (χ3n) is 3.37. The lowest BCUT2D eigenvalue weighted by Gasteiger charge is -2.44. The van der Waals surface area contributed by atoms with Crippen molar-refractivity contribution in [1.29, 1.82) is 0 Å². The molecule has 1 N–H and O–H groups in total. The molecule has 0 aromatic rings. The molecular weight excluding hydrogens is 200 g/mol. The van der Waals surface area contributed by atoms with Crippen LogP contribution in [0.1, 0.15) is 19.8 Å². The highest BCUT2D eigenvalue weighted by molar-refractivity contribution is 7.89. The summed E-state index contributed by atoms with van der Waals surface area (Å²) in [6.07, 6.45) is 2.30. The largest absolute Gasteiger partial charge is 0.302 e. The van der Waals surface area contributed by atoms with Crippen LogP contribution in [-0.4, -0.2) is 44.7 Å². The Balaban J connectivity index is 1.99. The minimum absolute atomic E-state index is 0.169. The molecule has 3 fully saturated rings. The summed E-state index contributed by atoms with van der Waals surface area (Å²) in [5.74, 6) is 0.761. The summed E-state index contributed by atoms with van der Waals surface area (Å²) in [4.78, 5) is 2.35. The van der Waals surface area contributed by atoms with E-state index in [4.69, 9.17) is 0 Å². The van der Waals surface area contributed by atoms with Crippen molar-refractivity contribution in [3.63, 3.8) is 0 Å². The second kappa shape index (κ2) is 3.79. The lowest BCUT2D eigenvalue weighted by Crippen LogP contribution is -2.57. The van der Waals surface area contributed by atoms with Gasteiger partial charge in [-0.2, -0.15) is 0 Å². The lowest BCUT2D eigenvalue weighted by molar-refractivity contribution is 0.0827. The monoisotopic (exact) mass is 218 g/mol. The molecule has 14 heavy (non-hydrogen) atoms. The minimum Gasteiger partial charge on any atom is -0.302 e. The number of rotatable bonds is 3. The zero-order valence-corrected chi connectivity index (χ0v) is 9.39. The van der Waals surface area contributed by atoms with Crippen molar-refractivity contribution < 1.29 is 8.42 Å². The first-order valence-electron chi connectivity index (χ1n) is 5.33. The van der Waals surface area contributed by atoms with Crippen molar-refractivity contribution in [2.24, 2.45) is 5.92 Å². The van der Waals surface area contributed by atoms with Crippen molar-refractivity contribution in [3.8, 4) is 0 Å². The molecule has 0 aromatic heterocycles. The second-order valence-corrected chi connectivity index (χ2v) is 6.31. The Morgan fingerprint density at radius 2 is 2.00 bits per heavy atom. The fourth-order valence-corrected chi connectivity index (χ4v) is 3.31. The molecule has 1 atom stereocenters. The molecule has 3 heterocycles. The molecule has 3 aliphatic rings. The summed E-state index contributed by atoms with van der Waals surface area (Å²) in [5.41, 5.74) is 0. The molecule has 82 valence electrons. The van der Waals surface area contributed by atoms with Gasteiger partial charge in [0.05, 0.1) is 5.75 Å². The Hall–Kier alpha value is -0.130. The predicted octanol–water partition coefficient (Wildman–Crippen LogP) is 0.0199. The van der Waals surface area contributed by atoms with Crippen LogP contribution >= 0.6 is 0 Å². The number of hydrogen-bond acceptors (Lipinski definition) is 3. The van der Waals surface area contributed by atoms with Crippen LogP contribution in [0.25, 0.3) is 0 Å². The molecule has 0 aliphatic carbocycles. The number of piperidine rings is 3. The van der Waals surface area contributed by atoms with E-state index in [1.54, 1.807) is 6.92 Å². The number of hydrogen-bond donors (Lipinski definition) is 1. The van der Waals surface area contributed by atoms with Crippen molar-refractivity contribution in [3.05, 3.63) is 0 Å². The topological polar surface area (TPSA) is 49.4 Å². The van der Waals surface area contributed by atoms with Gasteiger partial charge < -0.3 is 4.90 Å². The van der Waals surface area contributed by atoms with Gasteiger partial charge in [0.1, 0.15) is 0 Å². The molecule has 3 aliphatic heterocycles. The first-order chi connectivity index (χ1) is 6.61. The van der Waals surface area contributed by atoms with Crippen molar-refractivity contribution in [2.45, 2.75) is 25.8 Å². The molecule has 5 heteroatoms. The standard InChI is InChI=1S/C9H18N2O2S/c1-2-14(12,13)10-9-7-11-5-3-8(9)4-6-11/h8-10H,2-7H2,1H3. The Morgan fingerprint density at radius 1 is 1.36 bits per heavy atom. The zero-order valence-electron chi connectivity index (χ0n) is 8.57. The van der Waals surface area contributed by atoms with Crippen LogP contribution in [0.3, 0.4) is 0 Å². The molecule has 4 nitrogen and oxygen atoms in total. The maximum absolute atomic E-state index is 11.4. The van der Waals surface area contributed by atoms with Gasteiger partial charge in [0.2, 0.25) is 10.0 Å². The Morgan fingerprint density at radius 3 is 2.43 bits per heavy atom. The molecule has 3 saturated heterocycles. The lowest BCUT2D eigenvalue weighted by atomic mass is 9.85. The van der Waals surface area contributed by atoms with E-state index >= 15 is 0 Å². The number of nitrogens with one attached hydrogen (secondary N) is 1. The van der Waals surface area contributed by atoms with Gasteiger partial charge in [0.15, 0.2) is 0 Å². The van der Waals surface area contributed by atoms with Gasteiger partial charge in [-0.3, -0.25) is 0 Å². The van der Waals surface area contributed by atoms with E-state index in [0.29, 0.717) is 5.92 Å². The minimum atomic E-state index is -3.02. The summed E-state index contributed by atoms with van der Waals surface area (Å²) < 4.78 is 25.6. The van der Waals surface area contributed by atoms with Crippen molar-refractivity contribution >= 4 is 10.0 Å². The highest BCUT2D eigenvalue weighted by atomic mass is 32.2. The molecule has 0 aromatic carbocycles. The van der Waals surface area contributed by atoms with E-state index in [2.05, 4.69) is 9.62 Å². The van der Waals surface area contributed by atoms with Crippen LogP contribution in [0, 0.1) is 5.92 Å². The van der Waals surface area contributed by atoms with Crippen LogP contribution in [-0.2, 0) is 10.0 Å². The quantitative estimate of drug-likeness (QED) is 0.726. The molecule has 0 spiro atoms. The zero-order chi connectivity index (χ0) is 10.2. The highest BCUT2D eigenvalue weighted by Crippen LogP contribution is 2.27. The van der Waals surface area contributed by atoms with Gasteiger partial charge >= 0.3 is 0 Å². The number of nitrogens with zero attached hydrogens (tertiary/aromatic N) is 1. The average molecular weight is 218 g/mol.